The molecule has 0 amide bonds. The van der Waals surface area contributed by atoms with Gasteiger partial charge >= 0.3 is 0 Å². The van der Waals surface area contributed by atoms with Crippen LogP contribution in [0.25, 0.3) is 11.1 Å². The summed E-state index contributed by atoms with van der Waals surface area (Å²) in [6.07, 6.45) is 0. The maximum Gasteiger partial charge on any atom is 0.190 e. The molecule has 20 heavy (non-hydrogen) atoms. The molecule has 0 atom stereocenters. The van der Waals surface area contributed by atoms with Gasteiger partial charge in [0.2, 0.25) is 0 Å². The van der Waals surface area contributed by atoms with Crippen LogP contribution < -0.4 is 5.43 Å². The number of halogens is 1. The summed E-state index contributed by atoms with van der Waals surface area (Å²) in [6, 6.07) is 11.9. The molecule has 2 heteroatoms. The fourth-order valence-electron chi connectivity index (χ4n) is 2.33. The summed E-state index contributed by atoms with van der Waals surface area (Å²) in [5.41, 5.74) is 2.74. The van der Waals surface area contributed by atoms with E-state index < -0.39 is 0 Å². The van der Waals surface area contributed by atoms with Gasteiger partial charge in [-0.05, 0) is 35.6 Å². The first-order valence-corrected chi connectivity index (χ1v) is 6.71. The molecule has 0 aromatic heterocycles. The van der Waals surface area contributed by atoms with E-state index in [0.29, 0.717) is 5.56 Å². The molecule has 2 aromatic rings. The van der Waals surface area contributed by atoms with E-state index in [1.807, 2.05) is 45.9 Å². The van der Waals surface area contributed by atoms with Crippen LogP contribution in [0.2, 0.25) is 0 Å². The Kier molecular flexibility index (Phi) is 3.76. The van der Waals surface area contributed by atoms with E-state index in [4.69, 9.17) is 0 Å². The summed E-state index contributed by atoms with van der Waals surface area (Å²) in [7, 11) is 0. The minimum Gasteiger partial charge on any atom is -0.289 e. The van der Waals surface area contributed by atoms with Gasteiger partial charge in [-0.2, -0.15) is 0 Å². The first-order chi connectivity index (χ1) is 9.30. The molecule has 0 spiro atoms. The van der Waals surface area contributed by atoms with Gasteiger partial charge in [-0.25, -0.2) is 4.39 Å². The topological polar surface area (TPSA) is 17.1 Å². The van der Waals surface area contributed by atoms with Crippen LogP contribution in [0.3, 0.4) is 0 Å². The molecule has 2 aromatic carbocycles. The van der Waals surface area contributed by atoms with E-state index >= 15 is 0 Å². The zero-order valence-corrected chi connectivity index (χ0v) is 12.3. The molecule has 0 unspecified atom stereocenters. The van der Waals surface area contributed by atoms with Crippen LogP contribution in [-0.2, 0) is 5.41 Å². The van der Waals surface area contributed by atoms with Crippen LogP contribution in [0.1, 0.15) is 31.9 Å². The highest BCUT2D eigenvalue weighted by Gasteiger charge is 2.18. The Hall–Kier alpha value is -1.96. The van der Waals surface area contributed by atoms with Crippen molar-refractivity contribution in [3.63, 3.8) is 0 Å². The summed E-state index contributed by atoms with van der Waals surface area (Å²) in [5.74, 6) is -0.282. The van der Waals surface area contributed by atoms with Gasteiger partial charge in [0.1, 0.15) is 5.82 Å². The highest BCUT2D eigenvalue weighted by Crippen LogP contribution is 2.24. The van der Waals surface area contributed by atoms with E-state index in [1.54, 1.807) is 12.1 Å². The van der Waals surface area contributed by atoms with Crippen molar-refractivity contribution in [2.45, 2.75) is 33.1 Å². The summed E-state index contributed by atoms with van der Waals surface area (Å²) in [5, 5.41) is 0. The van der Waals surface area contributed by atoms with Crippen LogP contribution >= 0.6 is 0 Å². The quantitative estimate of drug-likeness (QED) is 0.747. The Morgan fingerprint density at radius 1 is 0.950 bits per heavy atom. The van der Waals surface area contributed by atoms with Gasteiger partial charge in [-0.15, -0.1) is 0 Å². The van der Waals surface area contributed by atoms with Gasteiger partial charge in [0, 0.05) is 11.1 Å². The molecule has 0 N–H and O–H groups in total. The van der Waals surface area contributed by atoms with E-state index in [-0.39, 0.29) is 16.7 Å². The van der Waals surface area contributed by atoms with E-state index in [1.165, 1.54) is 12.1 Å². The van der Waals surface area contributed by atoms with Gasteiger partial charge in [-0.3, -0.25) is 4.79 Å². The smallest absolute Gasteiger partial charge is 0.190 e. The molecule has 0 saturated carbocycles. The zero-order valence-electron chi connectivity index (χ0n) is 12.3. The van der Waals surface area contributed by atoms with E-state index in [9.17, 15) is 9.18 Å². The lowest BCUT2D eigenvalue weighted by molar-refractivity contribution is 0.586. The Bertz CT molecular complexity index is 696. The molecule has 0 fully saturated rings. The average Bonchev–Trinajstić information content (AvgIpc) is 2.51. The highest BCUT2D eigenvalue weighted by atomic mass is 19.1. The minimum atomic E-state index is -0.282. The third-order valence-electron chi connectivity index (χ3n) is 3.41. The molecule has 0 saturated heterocycles. The number of benzene rings is 1. The van der Waals surface area contributed by atoms with Gasteiger partial charge in [0.15, 0.2) is 5.43 Å². The summed E-state index contributed by atoms with van der Waals surface area (Å²) < 4.78 is 13.2. The second kappa shape index (κ2) is 5.20. The Morgan fingerprint density at radius 2 is 1.60 bits per heavy atom. The van der Waals surface area contributed by atoms with Crippen LogP contribution in [0.5, 0.6) is 0 Å². The molecule has 1 nitrogen and oxygen atoms in total. The van der Waals surface area contributed by atoms with Crippen LogP contribution in [0.4, 0.5) is 4.39 Å². The number of rotatable bonds is 1. The minimum absolute atomic E-state index is 0.0113. The Morgan fingerprint density at radius 3 is 2.20 bits per heavy atom. The van der Waals surface area contributed by atoms with Crippen molar-refractivity contribution in [1.82, 2.24) is 0 Å². The largest absolute Gasteiger partial charge is 0.289 e. The van der Waals surface area contributed by atoms with Crippen molar-refractivity contribution < 1.29 is 4.39 Å². The monoisotopic (exact) mass is 270 g/mol. The summed E-state index contributed by atoms with van der Waals surface area (Å²) >= 11 is 0. The van der Waals surface area contributed by atoms with Crippen LogP contribution in [-0.4, -0.2) is 0 Å². The van der Waals surface area contributed by atoms with Crippen molar-refractivity contribution in [3.05, 3.63) is 69.6 Å². The molecule has 2 rings (SSSR count). The molecule has 0 aliphatic rings. The Balaban J connectivity index is 2.77. The van der Waals surface area contributed by atoms with Gasteiger partial charge < -0.3 is 0 Å². The fourth-order valence-corrected chi connectivity index (χ4v) is 2.33. The summed E-state index contributed by atoms with van der Waals surface area (Å²) in [4.78, 5) is 12.8. The standard InChI is InChI=1S/C18H19FO/c1-12-11-13(19)9-10-14(12)15-7-5-6-8-16(17(15)20)18(2,3)4/h5-11H,1-4H3. The second-order valence-electron chi connectivity index (χ2n) is 6.08. The molecule has 0 heterocycles. The average molecular weight is 270 g/mol. The third-order valence-corrected chi connectivity index (χ3v) is 3.41. The third kappa shape index (κ3) is 2.79. The highest BCUT2D eigenvalue weighted by molar-refractivity contribution is 5.67. The van der Waals surface area contributed by atoms with Crippen LogP contribution in [0, 0.1) is 12.7 Å². The van der Waals surface area contributed by atoms with Crippen molar-refractivity contribution >= 4 is 0 Å². The lowest BCUT2D eigenvalue weighted by Gasteiger charge is -2.17. The molecule has 0 radical (unpaired) electrons. The molecule has 0 bridgehead atoms. The number of aryl methyl sites for hydroxylation is 1. The maximum absolute atomic E-state index is 13.2. The maximum atomic E-state index is 13.2. The molecule has 104 valence electrons. The predicted octanol–water partition coefficient (Wildman–Crippen LogP) is 4.46. The van der Waals surface area contributed by atoms with E-state index in [2.05, 4.69) is 0 Å². The SMILES string of the molecule is Cc1cc(F)ccc1-c1ccccc(C(C)(C)C)c1=O. The summed E-state index contributed by atoms with van der Waals surface area (Å²) in [6.45, 7) is 7.88. The lowest BCUT2D eigenvalue weighted by atomic mass is 9.86. The van der Waals surface area contributed by atoms with Crippen molar-refractivity contribution in [1.29, 1.82) is 0 Å². The first kappa shape index (κ1) is 14.4. The van der Waals surface area contributed by atoms with Gasteiger partial charge in [0.05, 0.1) is 0 Å². The number of hydrogen-bond acceptors (Lipinski definition) is 1. The van der Waals surface area contributed by atoms with Crippen molar-refractivity contribution in [2.75, 3.05) is 0 Å². The molecule has 0 aliphatic heterocycles. The fraction of sp³-hybridized carbons (Fsp3) is 0.278. The first-order valence-electron chi connectivity index (χ1n) is 6.71. The normalized spacial score (nSPS) is 11.4. The molecular weight excluding hydrogens is 251 g/mol. The van der Waals surface area contributed by atoms with Crippen LogP contribution in [0.15, 0.2) is 47.3 Å². The Labute approximate surface area is 119 Å². The molecule has 0 aliphatic carbocycles. The van der Waals surface area contributed by atoms with Crippen molar-refractivity contribution in [2.24, 2.45) is 0 Å². The van der Waals surface area contributed by atoms with Gasteiger partial charge in [0.25, 0.3) is 0 Å². The predicted molar refractivity (Wildman–Crippen MR) is 81.5 cm³/mol. The lowest BCUT2D eigenvalue weighted by Crippen LogP contribution is -2.22. The van der Waals surface area contributed by atoms with Crippen molar-refractivity contribution in [3.8, 4) is 11.1 Å². The molecular formula is C18H19FO. The van der Waals surface area contributed by atoms with E-state index in [0.717, 1.165) is 16.7 Å². The van der Waals surface area contributed by atoms with Gasteiger partial charge in [-0.1, -0.05) is 51.1 Å². The number of hydrogen-bond donors (Lipinski definition) is 0. The second-order valence-corrected chi connectivity index (χ2v) is 6.08. The zero-order chi connectivity index (χ0) is 14.9.